The smallest absolute Gasteiger partial charge is 0.238 e. The topological polar surface area (TPSA) is 63.4 Å². The van der Waals surface area contributed by atoms with E-state index in [1.165, 1.54) is 12.1 Å². The number of hydrogen-bond donors (Lipinski definition) is 1. The Morgan fingerprint density at radius 1 is 1.18 bits per heavy atom. The first-order valence-electron chi connectivity index (χ1n) is 6.85. The van der Waals surface area contributed by atoms with Crippen molar-refractivity contribution in [2.24, 2.45) is 5.14 Å². The Morgan fingerprint density at radius 2 is 1.82 bits per heavy atom. The molecular weight excluding hydrogens is 320 g/mol. The summed E-state index contributed by atoms with van der Waals surface area (Å²) in [6.45, 7) is 2.81. The van der Waals surface area contributed by atoms with Gasteiger partial charge in [-0.3, -0.25) is 4.90 Å². The molecule has 0 amide bonds. The van der Waals surface area contributed by atoms with Crippen LogP contribution in [0.5, 0.6) is 0 Å². The van der Waals surface area contributed by atoms with E-state index in [0.29, 0.717) is 0 Å². The van der Waals surface area contributed by atoms with Crippen molar-refractivity contribution in [3.05, 3.63) is 64.7 Å². The van der Waals surface area contributed by atoms with Crippen LogP contribution in [0.3, 0.4) is 0 Å². The third kappa shape index (κ3) is 4.30. The molecule has 2 N–H and O–H groups in total. The van der Waals surface area contributed by atoms with E-state index in [4.69, 9.17) is 16.7 Å². The van der Waals surface area contributed by atoms with Gasteiger partial charge < -0.3 is 0 Å². The fourth-order valence-electron chi connectivity index (χ4n) is 2.25. The van der Waals surface area contributed by atoms with E-state index in [1.54, 1.807) is 12.1 Å². The van der Waals surface area contributed by atoms with Gasteiger partial charge in [0.2, 0.25) is 10.0 Å². The first-order chi connectivity index (χ1) is 10.3. The maximum atomic E-state index is 11.3. The molecular formula is C16H19ClN2O2S. The van der Waals surface area contributed by atoms with E-state index in [0.717, 1.165) is 22.7 Å². The molecule has 0 aromatic heterocycles. The number of nitrogens with zero attached hydrogens (tertiary/aromatic N) is 1. The predicted molar refractivity (Wildman–Crippen MR) is 89.1 cm³/mol. The van der Waals surface area contributed by atoms with Crippen molar-refractivity contribution in [2.75, 3.05) is 7.05 Å². The molecule has 1 atom stereocenters. The molecule has 0 saturated carbocycles. The van der Waals surface area contributed by atoms with Gasteiger partial charge in [-0.1, -0.05) is 35.9 Å². The summed E-state index contributed by atoms with van der Waals surface area (Å²) in [5.41, 5.74) is 2.15. The SMILES string of the molecule is CC(c1ccc(S(N)(=O)=O)cc1)N(C)Cc1cccc(Cl)c1. The number of primary sulfonamides is 1. The molecule has 0 aliphatic rings. The second-order valence-corrected chi connectivity index (χ2v) is 7.33. The van der Waals surface area contributed by atoms with Crippen LogP contribution in [-0.2, 0) is 16.6 Å². The van der Waals surface area contributed by atoms with Crippen molar-refractivity contribution in [2.45, 2.75) is 24.4 Å². The lowest BCUT2D eigenvalue weighted by molar-refractivity contribution is 0.253. The maximum absolute atomic E-state index is 11.3. The largest absolute Gasteiger partial charge is 0.295 e. The van der Waals surface area contributed by atoms with Crippen molar-refractivity contribution in [3.63, 3.8) is 0 Å². The number of halogens is 1. The van der Waals surface area contributed by atoms with Crippen molar-refractivity contribution < 1.29 is 8.42 Å². The average Bonchev–Trinajstić information content (AvgIpc) is 2.45. The van der Waals surface area contributed by atoms with Gasteiger partial charge in [-0.15, -0.1) is 0 Å². The molecule has 0 heterocycles. The van der Waals surface area contributed by atoms with Gasteiger partial charge in [0.05, 0.1) is 4.90 Å². The number of sulfonamides is 1. The minimum atomic E-state index is -3.65. The minimum Gasteiger partial charge on any atom is -0.295 e. The summed E-state index contributed by atoms with van der Waals surface area (Å²) in [6, 6.07) is 14.5. The number of nitrogens with two attached hydrogens (primary N) is 1. The lowest BCUT2D eigenvalue weighted by Crippen LogP contribution is -2.22. The van der Waals surface area contributed by atoms with Crippen molar-refractivity contribution >= 4 is 21.6 Å². The van der Waals surface area contributed by atoms with E-state index in [9.17, 15) is 8.42 Å². The highest BCUT2D eigenvalue weighted by Gasteiger charge is 2.14. The molecule has 0 bridgehead atoms. The van der Waals surface area contributed by atoms with Gasteiger partial charge in [0.1, 0.15) is 0 Å². The standard InChI is InChI=1S/C16H19ClN2O2S/c1-12(14-6-8-16(9-7-14)22(18,20)21)19(2)11-13-4-3-5-15(17)10-13/h3-10,12H,11H2,1-2H3,(H2,18,20,21). The van der Waals surface area contributed by atoms with Crippen LogP contribution in [0.15, 0.2) is 53.4 Å². The summed E-state index contributed by atoms with van der Waals surface area (Å²) in [4.78, 5) is 2.29. The van der Waals surface area contributed by atoms with Crippen LogP contribution in [0.2, 0.25) is 5.02 Å². The van der Waals surface area contributed by atoms with Gasteiger partial charge in [0, 0.05) is 17.6 Å². The molecule has 2 rings (SSSR count). The second kappa shape index (κ2) is 6.79. The van der Waals surface area contributed by atoms with Crippen LogP contribution < -0.4 is 5.14 Å². The van der Waals surface area contributed by atoms with Crippen LogP contribution >= 0.6 is 11.6 Å². The number of benzene rings is 2. The third-order valence-corrected chi connectivity index (χ3v) is 4.84. The van der Waals surface area contributed by atoms with Crippen molar-refractivity contribution in [1.29, 1.82) is 0 Å². The first kappa shape index (κ1) is 17.0. The first-order valence-corrected chi connectivity index (χ1v) is 8.77. The maximum Gasteiger partial charge on any atom is 0.238 e. The molecule has 6 heteroatoms. The van der Waals surface area contributed by atoms with Crippen LogP contribution in [0.1, 0.15) is 24.1 Å². The third-order valence-electron chi connectivity index (χ3n) is 3.67. The predicted octanol–water partition coefficient (Wildman–Crippen LogP) is 3.18. The quantitative estimate of drug-likeness (QED) is 0.910. The molecule has 118 valence electrons. The van der Waals surface area contributed by atoms with E-state index >= 15 is 0 Å². The molecule has 0 fully saturated rings. The Labute approximate surface area is 136 Å². The Morgan fingerprint density at radius 3 is 2.36 bits per heavy atom. The fourth-order valence-corrected chi connectivity index (χ4v) is 2.98. The minimum absolute atomic E-state index is 0.126. The average molecular weight is 339 g/mol. The van der Waals surface area contributed by atoms with Gasteiger partial charge in [-0.2, -0.15) is 0 Å². The van der Waals surface area contributed by atoms with Crippen LogP contribution in [-0.4, -0.2) is 20.4 Å². The van der Waals surface area contributed by atoms with Crippen LogP contribution in [0.4, 0.5) is 0 Å². The molecule has 0 spiro atoms. The van der Waals surface area contributed by atoms with Gasteiger partial charge in [0.25, 0.3) is 0 Å². The van der Waals surface area contributed by atoms with Gasteiger partial charge in [-0.05, 0) is 49.4 Å². The summed E-state index contributed by atoms with van der Waals surface area (Å²) in [5.74, 6) is 0. The Balaban J connectivity index is 2.12. The van der Waals surface area contributed by atoms with E-state index in [2.05, 4.69) is 11.8 Å². The molecule has 22 heavy (non-hydrogen) atoms. The van der Waals surface area contributed by atoms with E-state index in [-0.39, 0.29) is 10.9 Å². The molecule has 2 aromatic rings. The Hall–Kier alpha value is -1.40. The summed E-state index contributed by atoms with van der Waals surface area (Å²) in [5, 5.41) is 5.83. The molecule has 0 saturated heterocycles. The van der Waals surface area contributed by atoms with Gasteiger partial charge in [0.15, 0.2) is 0 Å². The summed E-state index contributed by atoms with van der Waals surface area (Å²) in [7, 11) is -1.63. The molecule has 4 nitrogen and oxygen atoms in total. The van der Waals surface area contributed by atoms with Gasteiger partial charge >= 0.3 is 0 Å². The highest BCUT2D eigenvalue weighted by molar-refractivity contribution is 7.89. The fraction of sp³-hybridized carbons (Fsp3) is 0.250. The van der Waals surface area contributed by atoms with Crippen molar-refractivity contribution in [1.82, 2.24) is 4.90 Å². The highest BCUT2D eigenvalue weighted by Crippen LogP contribution is 2.22. The van der Waals surface area contributed by atoms with Crippen LogP contribution in [0, 0.1) is 0 Å². The second-order valence-electron chi connectivity index (χ2n) is 5.34. The van der Waals surface area contributed by atoms with E-state index < -0.39 is 10.0 Å². The lowest BCUT2D eigenvalue weighted by atomic mass is 10.1. The molecule has 0 aliphatic carbocycles. The Kier molecular flexibility index (Phi) is 5.24. The zero-order valence-corrected chi connectivity index (χ0v) is 14.1. The summed E-state index contributed by atoms with van der Waals surface area (Å²) < 4.78 is 22.6. The van der Waals surface area contributed by atoms with Crippen molar-refractivity contribution in [3.8, 4) is 0 Å². The van der Waals surface area contributed by atoms with E-state index in [1.807, 2.05) is 31.3 Å². The molecule has 0 radical (unpaired) electrons. The normalized spacial score (nSPS) is 13.3. The summed E-state index contributed by atoms with van der Waals surface area (Å²) in [6.07, 6.45) is 0. The lowest BCUT2D eigenvalue weighted by Gasteiger charge is -2.25. The monoisotopic (exact) mass is 338 g/mol. The number of rotatable bonds is 5. The van der Waals surface area contributed by atoms with Gasteiger partial charge in [-0.25, -0.2) is 13.6 Å². The number of hydrogen-bond acceptors (Lipinski definition) is 3. The zero-order valence-electron chi connectivity index (χ0n) is 12.5. The Bertz CT molecular complexity index is 745. The summed E-state index contributed by atoms with van der Waals surface area (Å²) >= 11 is 6.00. The highest BCUT2D eigenvalue weighted by atomic mass is 35.5. The molecule has 1 unspecified atom stereocenters. The van der Waals surface area contributed by atoms with Crippen LogP contribution in [0.25, 0.3) is 0 Å². The zero-order chi connectivity index (χ0) is 16.3. The molecule has 0 aliphatic heterocycles. The molecule has 2 aromatic carbocycles.